The number of nitrogens with one attached hydrogen (secondary N) is 3. The van der Waals surface area contributed by atoms with Gasteiger partial charge in [0.25, 0.3) is 0 Å². The number of amides is 2. The first-order chi connectivity index (χ1) is 10.6. The highest BCUT2D eigenvalue weighted by molar-refractivity contribution is 6.01. The molecule has 126 valence electrons. The number of benzene rings is 1. The average Bonchev–Trinajstić information content (AvgIpc) is 2.51. The first-order valence-electron chi connectivity index (χ1n) is 7.74. The molecule has 2 aliphatic rings. The Balaban J connectivity index is 0.00000192. The van der Waals surface area contributed by atoms with E-state index >= 15 is 0 Å². The number of imide groups is 1. The maximum Gasteiger partial charge on any atom is 0.249 e. The van der Waals surface area contributed by atoms with Gasteiger partial charge >= 0.3 is 0 Å². The van der Waals surface area contributed by atoms with Crippen LogP contribution >= 0.6 is 12.4 Å². The Morgan fingerprint density at radius 3 is 2.52 bits per heavy atom. The SMILES string of the molecule is Cl.O=C1CC[C@@H](Nc2ccc(C3CCNCC3)c(F)c2)C(=O)N1. The molecule has 2 fully saturated rings. The van der Waals surface area contributed by atoms with E-state index in [0.717, 1.165) is 31.5 Å². The molecule has 2 saturated heterocycles. The molecule has 2 heterocycles. The van der Waals surface area contributed by atoms with Gasteiger partial charge in [-0.2, -0.15) is 0 Å². The highest BCUT2D eigenvalue weighted by atomic mass is 35.5. The van der Waals surface area contributed by atoms with Crippen molar-refractivity contribution in [2.75, 3.05) is 18.4 Å². The van der Waals surface area contributed by atoms with Crippen molar-refractivity contribution in [1.29, 1.82) is 0 Å². The van der Waals surface area contributed by atoms with Crippen LogP contribution in [0, 0.1) is 5.82 Å². The molecule has 5 nitrogen and oxygen atoms in total. The molecule has 0 aromatic heterocycles. The van der Waals surface area contributed by atoms with E-state index < -0.39 is 6.04 Å². The Morgan fingerprint density at radius 2 is 1.87 bits per heavy atom. The van der Waals surface area contributed by atoms with E-state index in [1.54, 1.807) is 6.07 Å². The Labute approximate surface area is 140 Å². The summed E-state index contributed by atoms with van der Waals surface area (Å²) in [5.41, 5.74) is 1.32. The third-order valence-electron chi connectivity index (χ3n) is 4.36. The summed E-state index contributed by atoms with van der Waals surface area (Å²) in [7, 11) is 0. The lowest BCUT2D eigenvalue weighted by Crippen LogP contribution is -2.47. The molecule has 0 radical (unpaired) electrons. The van der Waals surface area contributed by atoms with Crippen molar-refractivity contribution in [3.8, 4) is 0 Å². The zero-order chi connectivity index (χ0) is 15.5. The van der Waals surface area contributed by atoms with E-state index in [9.17, 15) is 14.0 Å². The summed E-state index contributed by atoms with van der Waals surface area (Å²) in [6.45, 7) is 1.83. The normalized spacial score (nSPS) is 22.2. The van der Waals surface area contributed by atoms with Gasteiger partial charge in [-0.3, -0.25) is 14.9 Å². The number of anilines is 1. The predicted molar refractivity (Wildman–Crippen MR) is 88.3 cm³/mol. The molecule has 1 atom stereocenters. The minimum Gasteiger partial charge on any atom is -0.374 e. The Bertz CT molecular complexity index is 591. The van der Waals surface area contributed by atoms with Gasteiger partial charge in [-0.25, -0.2) is 4.39 Å². The molecule has 1 aromatic rings. The van der Waals surface area contributed by atoms with Crippen LogP contribution in [0.1, 0.15) is 37.2 Å². The topological polar surface area (TPSA) is 70.2 Å². The molecular weight excluding hydrogens is 321 g/mol. The molecule has 0 spiro atoms. The van der Waals surface area contributed by atoms with Gasteiger partial charge in [0.1, 0.15) is 11.9 Å². The lowest BCUT2D eigenvalue weighted by Gasteiger charge is -2.25. The van der Waals surface area contributed by atoms with Gasteiger partial charge < -0.3 is 10.6 Å². The van der Waals surface area contributed by atoms with Gasteiger partial charge in [-0.15, -0.1) is 12.4 Å². The first kappa shape index (κ1) is 17.7. The van der Waals surface area contributed by atoms with Crippen molar-refractivity contribution >= 4 is 29.9 Å². The van der Waals surface area contributed by atoms with E-state index in [-0.39, 0.29) is 36.0 Å². The molecule has 0 aliphatic carbocycles. The van der Waals surface area contributed by atoms with Gasteiger partial charge in [-0.1, -0.05) is 6.07 Å². The number of carbonyl (C=O) groups excluding carboxylic acids is 2. The summed E-state index contributed by atoms with van der Waals surface area (Å²) in [4.78, 5) is 22.8. The van der Waals surface area contributed by atoms with Crippen molar-refractivity contribution in [3.63, 3.8) is 0 Å². The van der Waals surface area contributed by atoms with Crippen molar-refractivity contribution in [2.45, 2.75) is 37.6 Å². The quantitative estimate of drug-likeness (QED) is 0.735. The largest absolute Gasteiger partial charge is 0.374 e. The number of rotatable bonds is 3. The predicted octanol–water partition coefficient (Wildman–Crippen LogP) is 1.93. The second kappa shape index (κ2) is 7.75. The molecule has 3 rings (SSSR count). The minimum atomic E-state index is -0.484. The number of carbonyl (C=O) groups is 2. The minimum absolute atomic E-state index is 0. The second-order valence-corrected chi connectivity index (χ2v) is 5.91. The second-order valence-electron chi connectivity index (χ2n) is 5.91. The van der Waals surface area contributed by atoms with Crippen molar-refractivity contribution in [2.24, 2.45) is 0 Å². The summed E-state index contributed by atoms with van der Waals surface area (Å²) < 4.78 is 14.3. The van der Waals surface area contributed by atoms with Gasteiger partial charge in [0.05, 0.1) is 0 Å². The number of hydrogen-bond acceptors (Lipinski definition) is 4. The van der Waals surface area contributed by atoms with E-state index in [4.69, 9.17) is 0 Å². The van der Waals surface area contributed by atoms with Crippen LogP contribution in [-0.2, 0) is 9.59 Å². The summed E-state index contributed by atoms with van der Waals surface area (Å²) in [6.07, 6.45) is 2.62. The fourth-order valence-electron chi connectivity index (χ4n) is 3.11. The molecule has 0 saturated carbocycles. The average molecular weight is 342 g/mol. The zero-order valence-corrected chi connectivity index (χ0v) is 13.5. The van der Waals surface area contributed by atoms with Crippen LogP contribution < -0.4 is 16.0 Å². The molecule has 3 N–H and O–H groups in total. The number of hydrogen-bond donors (Lipinski definition) is 3. The summed E-state index contributed by atoms with van der Waals surface area (Å²) in [5, 5.41) is 8.56. The Morgan fingerprint density at radius 1 is 1.13 bits per heavy atom. The molecule has 23 heavy (non-hydrogen) atoms. The van der Waals surface area contributed by atoms with Crippen LogP contribution in [-0.4, -0.2) is 30.9 Å². The lowest BCUT2D eigenvalue weighted by atomic mass is 9.89. The van der Waals surface area contributed by atoms with Crippen LogP contribution in [0.2, 0.25) is 0 Å². The van der Waals surface area contributed by atoms with E-state index in [2.05, 4.69) is 16.0 Å². The zero-order valence-electron chi connectivity index (χ0n) is 12.7. The van der Waals surface area contributed by atoms with Crippen LogP contribution in [0.3, 0.4) is 0 Å². The van der Waals surface area contributed by atoms with Crippen LogP contribution in [0.4, 0.5) is 10.1 Å². The van der Waals surface area contributed by atoms with Crippen LogP contribution in [0.5, 0.6) is 0 Å². The summed E-state index contributed by atoms with van der Waals surface area (Å²) in [5.74, 6) is -0.579. The first-order valence-corrected chi connectivity index (χ1v) is 7.74. The number of piperidine rings is 2. The monoisotopic (exact) mass is 341 g/mol. The molecule has 2 amide bonds. The number of halogens is 2. The molecule has 1 aromatic carbocycles. The molecule has 0 unspecified atom stereocenters. The third kappa shape index (κ3) is 4.20. The van der Waals surface area contributed by atoms with Crippen molar-refractivity contribution in [3.05, 3.63) is 29.6 Å². The lowest BCUT2D eigenvalue weighted by molar-refractivity contribution is -0.133. The van der Waals surface area contributed by atoms with Gasteiger partial charge in [0.2, 0.25) is 11.8 Å². The van der Waals surface area contributed by atoms with E-state index in [1.807, 2.05) is 6.07 Å². The highest BCUT2D eigenvalue weighted by Gasteiger charge is 2.26. The third-order valence-corrected chi connectivity index (χ3v) is 4.36. The van der Waals surface area contributed by atoms with Crippen LogP contribution in [0.25, 0.3) is 0 Å². The van der Waals surface area contributed by atoms with Gasteiger partial charge in [0, 0.05) is 12.1 Å². The van der Waals surface area contributed by atoms with Crippen molar-refractivity contribution < 1.29 is 14.0 Å². The maximum absolute atomic E-state index is 14.3. The summed E-state index contributed by atoms with van der Waals surface area (Å²) >= 11 is 0. The van der Waals surface area contributed by atoms with Crippen molar-refractivity contribution in [1.82, 2.24) is 10.6 Å². The standard InChI is InChI=1S/C16H20FN3O2.ClH/c17-13-9-11(19-14-3-4-15(21)20-16(14)22)1-2-12(13)10-5-7-18-8-6-10;/h1-2,9-10,14,18-19H,3-8H2,(H,20,21,22);1H/t14-;/m1./s1. The van der Waals surface area contributed by atoms with Gasteiger partial charge in [-0.05, 0) is 56.0 Å². The highest BCUT2D eigenvalue weighted by Crippen LogP contribution is 2.29. The molecule has 7 heteroatoms. The van der Waals surface area contributed by atoms with Gasteiger partial charge in [0.15, 0.2) is 0 Å². The Hall–Kier alpha value is -1.66. The fraction of sp³-hybridized carbons (Fsp3) is 0.500. The molecule has 0 bridgehead atoms. The van der Waals surface area contributed by atoms with E-state index in [0.29, 0.717) is 18.5 Å². The van der Waals surface area contributed by atoms with E-state index in [1.165, 1.54) is 6.07 Å². The smallest absolute Gasteiger partial charge is 0.249 e. The summed E-state index contributed by atoms with van der Waals surface area (Å²) in [6, 6.07) is 4.58. The Kier molecular flexibility index (Phi) is 5.96. The maximum atomic E-state index is 14.3. The van der Waals surface area contributed by atoms with Crippen LogP contribution in [0.15, 0.2) is 18.2 Å². The molecule has 2 aliphatic heterocycles. The molecular formula is C16H21ClFN3O2. The fourth-order valence-corrected chi connectivity index (χ4v) is 3.11.